The fraction of sp³-hybridized carbons (Fsp3) is 0.250. The van der Waals surface area contributed by atoms with Gasteiger partial charge in [0.2, 0.25) is 5.13 Å². The van der Waals surface area contributed by atoms with Crippen LogP contribution in [0.3, 0.4) is 0 Å². The zero-order chi connectivity index (χ0) is 12.3. The zero-order valence-corrected chi connectivity index (χ0v) is 11.2. The van der Waals surface area contributed by atoms with Gasteiger partial charge in [0.1, 0.15) is 0 Å². The van der Waals surface area contributed by atoms with E-state index in [-0.39, 0.29) is 6.04 Å². The minimum absolute atomic E-state index is 0.192. The van der Waals surface area contributed by atoms with E-state index in [0.29, 0.717) is 5.13 Å². The number of hydrogen-bond donors (Lipinski definition) is 0. The normalized spacial score (nSPS) is 11.5. The molecule has 0 bridgehead atoms. The second kappa shape index (κ2) is 5.38. The molecule has 0 aliphatic carbocycles. The van der Waals surface area contributed by atoms with Gasteiger partial charge in [-0.3, -0.25) is 0 Å². The van der Waals surface area contributed by atoms with Crippen molar-refractivity contribution >= 4 is 28.1 Å². The Kier molecular flexibility index (Phi) is 3.86. The van der Waals surface area contributed by atoms with E-state index >= 15 is 0 Å². The van der Waals surface area contributed by atoms with Crippen LogP contribution in [0.15, 0.2) is 39.9 Å². The molecule has 0 amide bonds. The van der Waals surface area contributed by atoms with Gasteiger partial charge >= 0.3 is 0 Å². The van der Waals surface area contributed by atoms with Crippen molar-refractivity contribution in [2.24, 2.45) is 10.2 Å². The lowest BCUT2D eigenvalue weighted by Crippen LogP contribution is -1.83. The summed E-state index contributed by atoms with van der Waals surface area (Å²) >= 11 is 7.32. The molecule has 2 aromatic rings. The zero-order valence-electron chi connectivity index (χ0n) is 9.59. The molecule has 1 heterocycles. The Morgan fingerprint density at radius 3 is 2.59 bits per heavy atom. The van der Waals surface area contributed by atoms with Gasteiger partial charge in [-0.1, -0.05) is 23.7 Å². The molecule has 0 radical (unpaired) electrons. The van der Waals surface area contributed by atoms with Crippen LogP contribution in [0.25, 0.3) is 11.3 Å². The molecule has 88 valence electrons. The molecule has 0 saturated carbocycles. The molecule has 0 saturated heterocycles. The van der Waals surface area contributed by atoms with Crippen LogP contribution in [-0.4, -0.2) is 11.0 Å². The molecule has 3 nitrogen and oxygen atoms in total. The molecule has 1 aromatic heterocycles. The molecule has 17 heavy (non-hydrogen) atoms. The van der Waals surface area contributed by atoms with Gasteiger partial charge < -0.3 is 0 Å². The fourth-order valence-electron chi connectivity index (χ4n) is 1.23. The van der Waals surface area contributed by atoms with Gasteiger partial charge in [-0.15, -0.1) is 16.5 Å². The number of nitrogens with zero attached hydrogens (tertiary/aromatic N) is 3. The highest BCUT2D eigenvalue weighted by Gasteiger charge is 2.03. The van der Waals surface area contributed by atoms with Gasteiger partial charge in [0.25, 0.3) is 0 Å². The largest absolute Gasteiger partial charge is 0.230 e. The SMILES string of the molecule is CC(C)N=Nc1nc(-c2ccc(Cl)cc2)cs1. The Labute approximate surface area is 109 Å². The monoisotopic (exact) mass is 265 g/mol. The van der Waals surface area contributed by atoms with Crippen molar-refractivity contribution in [3.8, 4) is 11.3 Å². The molecule has 0 aliphatic heterocycles. The van der Waals surface area contributed by atoms with Gasteiger partial charge in [-0.2, -0.15) is 5.11 Å². The summed E-state index contributed by atoms with van der Waals surface area (Å²) in [4.78, 5) is 4.40. The molecule has 0 atom stereocenters. The fourth-order valence-corrected chi connectivity index (χ4v) is 2.01. The summed E-state index contributed by atoms with van der Waals surface area (Å²) < 4.78 is 0. The van der Waals surface area contributed by atoms with Crippen molar-refractivity contribution in [3.05, 3.63) is 34.7 Å². The first-order valence-electron chi connectivity index (χ1n) is 5.27. The van der Waals surface area contributed by atoms with Crippen LogP contribution < -0.4 is 0 Å². The lowest BCUT2D eigenvalue weighted by atomic mass is 10.2. The van der Waals surface area contributed by atoms with Crippen molar-refractivity contribution in [1.29, 1.82) is 0 Å². The van der Waals surface area contributed by atoms with Crippen LogP contribution in [-0.2, 0) is 0 Å². The molecule has 0 aliphatic rings. The predicted molar refractivity (Wildman–Crippen MR) is 72.2 cm³/mol. The molecule has 0 N–H and O–H groups in total. The summed E-state index contributed by atoms with van der Waals surface area (Å²) in [6, 6.07) is 7.79. The summed E-state index contributed by atoms with van der Waals surface area (Å²) in [6.07, 6.45) is 0. The molecular weight excluding hydrogens is 254 g/mol. The average molecular weight is 266 g/mol. The molecule has 0 fully saturated rings. The second-order valence-electron chi connectivity index (χ2n) is 3.83. The third kappa shape index (κ3) is 3.35. The molecule has 2 rings (SSSR count). The van der Waals surface area contributed by atoms with E-state index in [1.54, 1.807) is 0 Å². The average Bonchev–Trinajstić information content (AvgIpc) is 2.76. The van der Waals surface area contributed by atoms with Crippen LogP contribution in [0.2, 0.25) is 5.02 Å². The molecule has 0 unspecified atom stereocenters. The Morgan fingerprint density at radius 2 is 1.94 bits per heavy atom. The first kappa shape index (κ1) is 12.2. The van der Waals surface area contributed by atoms with Crippen LogP contribution in [0.1, 0.15) is 13.8 Å². The van der Waals surface area contributed by atoms with Crippen LogP contribution in [0, 0.1) is 0 Å². The van der Waals surface area contributed by atoms with Crippen molar-refractivity contribution < 1.29 is 0 Å². The highest BCUT2D eigenvalue weighted by Crippen LogP contribution is 2.27. The van der Waals surface area contributed by atoms with E-state index in [4.69, 9.17) is 11.6 Å². The Bertz CT molecular complexity index is 517. The standard InChI is InChI=1S/C12H12ClN3S/c1-8(2)15-16-12-14-11(7-17-12)9-3-5-10(13)6-4-9/h3-8H,1-2H3. The molecular formula is C12H12ClN3S. The Hall–Kier alpha value is -1.26. The molecule has 5 heteroatoms. The number of thiazole rings is 1. The van der Waals surface area contributed by atoms with Crippen molar-refractivity contribution in [2.75, 3.05) is 0 Å². The number of halogens is 1. The number of azo groups is 1. The molecule has 0 spiro atoms. The lowest BCUT2D eigenvalue weighted by molar-refractivity contribution is 0.778. The number of aromatic nitrogens is 1. The Balaban J connectivity index is 2.21. The van der Waals surface area contributed by atoms with E-state index in [2.05, 4.69) is 15.2 Å². The van der Waals surface area contributed by atoms with E-state index in [0.717, 1.165) is 16.3 Å². The second-order valence-corrected chi connectivity index (χ2v) is 5.10. The third-order valence-electron chi connectivity index (χ3n) is 2.01. The third-order valence-corrected chi connectivity index (χ3v) is 2.98. The minimum atomic E-state index is 0.192. The summed E-state index contributed by atoms with van der Waals surface area (Å²) in [7, 11) is 0. The smallest absolute Gasteiger partial charge is 0.217 e. The summed E-state index contributed by atoms with van der Waals surface area (Å²) in [6.45, 7) is 3.97. The topological polar surface area (TPSA) is 37.6 Å². The highest BCUT2D eigenvalue weighted by atomic mass is 35.5. The van der Waals surface area contributed by atoms with Gasteiger partial charge in [-0.05, 0) is 26.0 Å². The lowest BCUT2D eigenvalue weighted by Gasteiger charge is -1.95. The van der Waals surface area contributed by atoms with Gasteiger partial charge in [0.05, 0.1) is 11.7 Å². The maximum absolute atomic E-state index is 5.84. The quantitative estimate of drug-likeness (QED) is 0.723. The van der Waals surface area contributed by atoms with Crippen LogP contribution in [0.5, 0.6) is 0 Å². The number of rotatable bonds is 3. The molecule has 1 aromatic carbocycles. The maximum atomic E-state index is 5.84. The van der Waals surface area contributed by atoms with E-state index in [1.165, 1.54) is 11.3 Å². The van der Waals surface area contributed by atoms with E-state index in [1.807, 2.05) is 43.5 Å². The first-order chi connectivity index (χ1) is 8.15. The summed E-state index contributed by atoms with van der Waals surface area (Å²) in [5.74, 6) is 0. The predicted octanol–water partition coefficient (Wildman–Crippen LogP) is 4.96. The van der Waals surface area contributed by atoms with E-state index < -0.39 is 0 Å². The van der Waals surface area contributed by atoms with Crippen LogP contribution in [0.4, 0.5) is 5.13 Å². The van der Waals surface area contributed by atoms with Gasteiger partial charge in [-0.25, -0.2) is 4.98 Å². The van der Waals surface area contributed by atoms with Crippen molar-refractivity contribution in [1.82, 2.24) is 4.98 Å². The van der Waals surface area contributed by atoms with Crippen LogP contribution >= 0.6 is 22.9 Å². The summed E-state index contributed by atoms with van der Waals surface area (Å²) in [5, 5.41) is 11.5. The number of benzene rings is 1. The van der Waals surface area contributed by atoms with Gasteiger partial charge in [0, 0.05) is 16.0 Å². The first-order valence-corrected chi connectivity index (χ1v) is 6.53. The van der Waals surface area contributed by atoms with Crippen molar-refractivity contribution in [3.63, 3.8) is 0 Å². The van der Waals surface area contributed by atoms with E-state index in [9.17, 15) is 0 Å². The maximum Gasteiger partial charge on any atom is 0.230 e. The number of hydrogen-bond acceptors (Lipinski definition) is 4. The highest BCUT2D eigenvalue weighted by molar-refractivity contribution is 7.13. The van der Waals surface area contributed by atoms with Gasteiger partial charge in [0.15, 0.2) is 0 Å². The Morgan fingerprint density at radius 1 is 1.24 bits per heavy atom. The summed E-state index contributed by atoms with van der Waals surface area (Å²) in [5.41, 5.74) is 1.95. The minimum Gasteiger partial charge on any atom is -0.217 e. The van der Waals surface area contributed by atoms with Crippen molar-refractivity contribution in [2.45, 2.75) is 19.9 Å².